The molecule has 0 atom stereocenters. The highest BCUT2D eigenvalue weighted by Gasteiger charge is 2.35. The van der Waals surface area contributed by atoms with E-state index < -0.39 is 70.2 Å². The predicted octanol–water partition coefficient (Wildman–Crippen LogP) is 18.2. The van der Waals surface area contributed by atoms with Crippen molar-refractivity contribution in [2.75, 3.05) is 0 Å². The van der Waals surface area contributed by atoms with E-state index in [9.17, 15) is 57.9 Å². The number of halogens is 11. The van der Waals surface area contributed by atoms with Crippen molar-refractivity contribution in [3.63, 3.8) is 0 Å². The first-order valence-corrected chi connectivity index (χ1v) is 27.3. The van der Waals surface area contributed by atoms with Crippen LogP contribution in [-0.2, 0) is 9.59 Å². The summed E-state index contributed by atoms with van der Waals surface area (Å²) in [5, 5.41) is 0. The Labute approximate surface area is 425 Å². The highest BCUT2D eigenvalue weighted by molar-refractivity contribution is 5.75. The van der Waals surface area contributed by atoms with Crippen LogP contribution in [0.2, 0.25) is 0 Å². The standard InChI is InChI=1S/C20H25F3O2.C19H25F3.C14H23FO.C6H2F4/c1-12-2-4-13(5-3-12)14-6-8-15(9-7-14)20(24)25-16-10-17(21)19(23)18(22)11-16;1-12-2-4-13(5-3-12)14-6-8-15(9-7-14)16-10-17(20)19(22)18(21)11-16;1-10-2-4-11(5-3-10)12-6-8-13(9-7-12)14(15)16;7-3-1-4(8)6(10)5(9)2-3/h10-15H,2-9H2,1H3;10-15H,2-9H2,1H3;10-13H,2-9H2,1H3;1-2H. The van der Waals surface area contributed by atoms with Crippen LogP contribution in [0.15, 0.2) is 36.4 Å². The maximum Gasteiger partial charge on any atom is 0.314 e. The molecule has 6 fully saturated rings. The SMILES string of the molecule is CC1CCC(C2CCC(C(=O)F)CC2)CC1.CC1CCC(C2CCC(C(=O)Oc3cc(F)c(F)c(F)c3)CC2)CC1.CC1CCC(C2CCC(c3cc(F)c(F)c(F)c3)CC2)CC1.Fc1cc(F)c(F)c(F)c1. The van der Waals surface area contributed by atoms with Gasteiger partial charge in [-0.25, -0.2) is 43.9 Å². The van der Waals surface area contributed by atoms with Gasteiger partial charge in [0, 0.05) is 30.2 Å². The van der Waals surface area contributed by atoms with E-state index in [0.717, 1.165) is 124 Å². The molecule has 0 aromatic heterocycles. The molecule has 0 radical (unpaired) electrons. The van der Waals surface area contributed by atoms with Gasteiger partial charge in [0.1, 0.15) is 11.6 Å². The van der Waals surface area contributed by atoms with Gasteiger partial charge in [-0.2, -0.15) is 4.39 Å². The molecule has 14 heteroatoms. The van der Waals surface area contributed by atoms with Crippen LogP contribution in [0.4, 0.5) is 48.3 Å². The van der Waals surface area contributed by atoms with Gasteiger partial charge < -0.3 is 4.74 Å². The third-order valence-corrected chi connectivity index (χ3v) is 17.8. The van der Waals surface area contributed by atoms with E-state index in [1.165, 1.54) is 89.2 Å². The van der Waals surface area contributed by atoms with Crippen molar-refractivity contribution in [2.45, 2.75) is 181 Å². The minimum Gasteiger partial charge on any atom is -0.426 e. The quantitative estimate of drug-likeness (QED) is 0.0591. The van der Waals surface area contributed by atoms with Crippen LogP contribution in [0.25, 0.3) is 0 Å². The lowest BCUT2D eigenvalue weighted by molar-refractivity contribution is -0.140. The topological polar surface area (TPSA) is 43.4 Å². The second-order valence-corrected chi connectivity index (χ2v) is 22.8. The third kappa shape index (κ3) is 17.0. The summed E-state index contributed by atoms with van der Waals surface area (Å²) in [6.07, 6.45) is 27.5. The predicted molar refractivity (Wildman–Crippen MR) is 260 cm³/mol. The number of carbonyl (C=O) groups excluding carboxylic acids is 2. The molecule has 0 bridgehead atoms. The van der Waals surface area contributed by atoms with Gasteiger partial charge in [-0.1, -0.05) is 59.3 Å². The Bertz CT molecular complexity index is 2150. The summed E-state index contributed by atoms with van der Waals surface area (Å²) in [4.78, 5) is 22.9. The molecule has 0 aliphatic heterocycles. The molecule has 0 unspecified atom stereocenters. The molecular formula is C59H75F11O3. The third-order valence-electron chi connectivity index (χ3n) is 17.8. The fraction of sp³-hybridized carbons (Fsp3) is 0.661. The molecule has 406 valence electrons. The maximum atomic E-state index is 13.4. The van der Waals surface area contributed by atoms with Gasteiger partial charge in [-0.05, 0) is 192 Å². The molecule has 6 aliphatic carbocycles. The Kier molecular flexibility index (Phi) is 22.1. The smallest absolute Gasteiger partial charge is 0.314 e. The fourth-order valence-corrected chi connectivity index (χ4v) is 13.0. The van der Waals surface area contributed by atoms with Gasteiger partial charge in [-0.3, -0.25) is 9.59 Å². The number of hydrogen-bond acceptors (Lipinski definition) is 3. The second-order valence-electron chi connectivity index (χ2n) is 22.8. The molecule has 3 aromatic rings. The minimum atomic E-state index is -1.65. The lowest BCUT2D eigenvalue weighted by Gasteiger charge is -2.37. The van der Waals surface area contributed by atoms with E-state index in [1.807, 2.05) is 0 Å². The first-order chi connectivity index (χ1) is 34.8. The number of esters is 1. The number of hydrogen-bond donors (Lipinski definition) is 0. The maximum absolute atomic E-state index is 13.4. The van der Waals surface area contributed by atoms with Crippen molar-refractivity contribution in [3.05, 3.63) is 100 Å². The number of ether oxygens (including phenoxy) is 1. The largest absolute Gasteiger partial charge is 0.426 e. The number of carbonyl (C=O) groups is 2. The van der Waals surface area contributed by atoms with Gasteiger partial charge in [0.2, 0.25) is 0 Å². The molecular weight excluding hydrogens is 966 g/mol. The van der Waals surface area contributed by atoms with E-state index in [0.29, 0.717) is 23.6 Å². The van der Waals surface area contributed by atoms with E-state index in [-0.39, 0.29) is 35.6 Å². The Balaban J connectivity index is 0.000000166. The van der Waals surface area contributed by atoms with E-state index in [4.69, 9.17) is 4.74 Å². The van der Waals surface area contributed by atoms with E-state index in [1.54, 1.807) is 0 Å². The van der Waals surface area contributed by atoms with Crippen LogP contribution in [0, 0.1) is 123 Å². The lowest BCUT2D eigenvalue weighted by Crippen LogP contribution is -2.29. The van der Waals surface area contributed by atoms with Gasteiger partial charge in [-0.15, -0.1) is 0 Å². The molecule has 0 amide bonds. The highest BCUT2D eigenvalue weighted by atomic mass is 19.2. The van der Waals surface area contributed by atoms with Gasteiger partial charge in [0.25, 0.3) is 0 Å². The molecule has 3 aromatic carbocycles. The Morgan fingerprint density at radius 2 is 0.644 bits per heavy atom. The summed E-state index contributed by atoms with van der Waals surface area (Å²) in [7, 11) is 0. The molecule has 0 spiro atoms. The number of rotatable bonds is 7. The van der Waals surface area contributed by atoms with Crippen molar-refractivity contribution in [3.8, 4) is 5.75 Å². The second kappa shape index (κ2) is 27.7. The van der Waals surface area contributed by atoms with Crippen molar-refractivity contribution < 1.29 is 62.6 Å². The van der Waals surface area contributed by atoms with Crippen molar-refractivity contribution in [1.29, 1.82) is 0 Å². The summed E-state index contributed by atoms with van der Waals surface area (Å²) in [5.41, 5.74) is 0.632. The summed E-state index contributed by atoms with van der Waals surface area (Å²) >= 11 is 0. The summed E-state index contributed by atoms with van der Waals surface area (Å²) in [6.45, 7) is 6.99. The van der Waals surface area contributed by atoms with E-state index >= 15 is 0 Å². The zero-order valence-corrected chi connectivity index (χ0v) is 42.7. The molecule has 0 saturated heterocycles. The molecule has 3 nitrogen and oxygen atoms in total. The first kappa shape index (κ1) is 58.3. The molecule has 0 heterocycles. The molecule has 73 heavy (non-hydrogen) atoms. The lowest BCUT2D eigenvalue weighted by atomic mass is 9.68. The zero-order valence-electron chi connectivity index (χ0n) is 42.7. The van der Waals surface area contributed by atoms with Gasteiger partial charge in [0.05, 0.1) is 5.92 Å². The Morgan fingerprint density at radius 3 is 0.973 bits per heavy atom. The summed E-state index contributed by atoms with van der Waals surface area (Å²) in [6, 6.07) is 3.28. The zero-order chi connectivity index (χ0) is 52.9. The first-order valence-electron chi connectivity index (χ1n) is 27.3. The fourth-order valence-electron chi connectivity index (χ4n) is 13.0. The average molecular weight is 1040 g/mol. The summed E-state index contributed by atoms with van der Waals surface area (Å²) in [5.74, 6) is -7.27. The van der Waals surface area contributed by atoms with E-state index in [2.05, 4.69) is 20.8 Å². The highest BCUT2D eigenvalue weighted by Crippen LogP contribution is 2.45. The van der Waals surface area contributed by atoms with Crippen LogP contribution in [-0.4, -0.2) is 12.0 Å². The summed E-state index contributed by atoms with van der Waals surface area (Å²) < 4.78 is 145. The minimum absolute atomic E-state index is 0.184. The monoisotopic (exact) mass is 1040 g/mol. The van der Waals surface area contributed by atoms with Crippen molar-refractivity contribution >= 4 is 12.0 Å². The van der Waals surface area contributed by atoms with Crippen LogP contribution in [0.3, 0.4) is 0 Å². The van der Waals surface area contributed by atoms with Gasteiger partial charge >= 0.3 is 12.0 Å². The molecule has 9 rings (SSSR count). The Morgan fingerprint density at radius 1 is 0.370 bits per heavy atom. The molecule has 0 N–H and O–H groups in total. The molecule has 6 saturated carbocycles. The number of benzene rings is 3. The average Bonchev–Trinajstić information content (AvgIpc) is 3.38. The van der Waals surface area contributed by atoms with Crippen molar-refractivity contribution in [2.24, 2.45) is 65.1 Å². The van der Waals surface area contributed by atoms with Crippen LogP contribution >= 0.6 is 0 Å². The van der Waals surface area contributed by atoms with Gasteiger partial charge in [0.15, 0.2) is 52.4 Å². The van der Waals surface area contributed by atoms with Crippen LogP contribution in [0.1, 0.15) is 186 Å². The van der Waals surface area contributed by atoms with Crippen LogP contribution < -0.4 is 4.74 Å². The Hall–Kier alpha value is -3.97. The van der Waals surface area contributed by atoms with Crippen LogP contribution in [0.5, 0.6) is 5.75 Å². The normalized spacial score (nSPS) is 30.5. The van der Waals surface area contributed by atoms with Crippen molar-refractivity contribution in [1.82, 2.24) is 0 Å². The molecule has 6 aliphatic rings.